The van der Waals surface area contributed by atoms with E-state index in [1.54, 1.807) is 6.08 Å². The largest absolute Gasteiger partial charge is 0.481 e. The van der Waals surface area contributed by atoms with Gasteiger partial charge >= 0.3 is 15.6 Å². The molecule has 0 aromatic carbocycles. The van der Waals surface area contributed by atoms with Gasteiger partial charge in [0.2, 0.25) is 5.91 Å². The lowest BCUT2D eigenvalue weighted by Crippen LogP contribution is -2.40. The Hall–Kier alpha value is -2.88. The fraction of sp³-hybridized carbons (Fsp3) is 0.524. The van der Waals surface area contributed by atoms with Crippen LogP contribution in [0.2, 0.25) is 0 Å². The highest BCUT2D eigenvalue weighted by Crippen LogP contribution is 2.60. The number of fused-ring (bicyclic) bond motifs is 1. The minimum absolute atomic E-state index is 0.00979. The highest BCUT2D eigenvalue weighted by molar-refractivity contribution is 7.61. The predicted molar refractivity (Wildman–Crippen MR) is 140 cm³/mol. The van der Waals surface area contributed by atoms with Crippen LogP contribution >= 0.6 is 15.6 Å². The molecule has 2 aromatic heterocycles. The minimum atomic E-state index is -5.39. The van der Waals surface area contributed by atoms with Crippen LogP contribution in [0.25, 0.3) is 11.2 Å². The Bertz CT molecular complexity index is 1610. The van der Waals surface area contributed by atoms with Crippen LogP contribution < -0.4 is 11.3 Å². The molecule has 10 unspecified atom stereocenters. The molecule has 44 heavy (non-hydrogen) atoms. The number of aliphatic hydroxyl groups excluding tert-OH is 4. The number of ether oxygens (including phenoxy) is 2. The molecule has 2 saturated heterocycles. The van der Waals surface area contributed by atoms with E-state index in [1.807, 2.05) is 0 Å². The van der Waals surface area contributed by atoms with E-state index in [0.29, 0.717) is 0 Å². The number of allylic oxidation sites excluding steroid dienone is 1. The summed E-state index contributed by atoms with van der Waals surface area (Å²) >= 11 is 0. The summed E-state index contributed by atoms with van der Waals surface area (Å²) in [6.45, 7) is -1.83. The molecule has 21 nitrogen and oxygen atoms in total. The van der Waals surface area contributed by atoms with E-state index < -0.39 is 89.4 Å². The Balaban J connectivity index is 1.15. The lowest BCUT2D eigenvalue weighted by Gasteiger charge is -2.28. The summed E-state index contributed by atoms with van der Waals surface area (Å²) in [5.74, 6) is -0.715. The highest BCUT2D eigenvalue weighted by atomic mass is 31.3. The van der Waals surface area contributed by atoms with E-state index in [1.165, 1.54) is 17.3 Å². The van der Waals surface area contributed by atoms with Gasteiger partial charge in [-0.3, -0.25) is 23.2 Å². The fourth-order valence-corrected chi connectivity index (χ4v) is 6.76. The molecule has 3 aliphatic rings. The molecule has 242 valence electrons. The molecule has 0 bridgehead atoms. The van der Waals surface area contributed by atoms with Crippen molar-refractivity contribution in [3.05, 3.63) is 47.1 Å². The topological polar surface area (TPSA) is 312 Å². The number of primary amides is 1. The lowest BCUT2D eigenvalue weighted by atomic mass is 10.1. The summed E-state index contributed by atoms with van der Waals surface area (Å²) in [5.41, 5.74) is 4.81. The average Bonchev–Trinajstić information content (AvgIpc) is 3.61. The first-order valence-electron chi connectivity index (χ1n) is 12.7. The number of rotatable bonds is 11. The number of phosphoric acid groups is 2. The number of hydrogen-bond acceptors (Lipinski definition) is 16. The number of imidazole rings is 1. The molecular formula is C21H28N6O15P2. The Morgan fingerprint density at radius 1 is 1.00 bits per heavy atom. The summed E-state index contributed by atoms with van der Waals surface area (Å²) in [7, 11) is -10.8. The van der Waals surface area contributed by atoms with Crippen LogP contribution in [0.15, 0.2) is 41.5 Å². The molecule has 9 N–H and O–H groups in total. The summed E-state index contributed by atoms with van der Waals surface area (Å²) in [4.78, 5) is 54.8. The van der Waals surface area contributed by atoms with Gasteiger partial charge in [-0.2, -0.15) is 4.31 Å². The summed E-state index contributed by atoms with van der Waals surface area (Å²) in [6, 6.07) is 0. The maximum atomic E-state index is 12.4. The fourth-order valence-electron chi connectivity index (χ4n) is 4.67. The second-order valence-corrected chi connectivity index (χ2v) is 12.9. The van der Waals surface area contributed by atoms with Crippen molar-refractivity contribution in [1.82, 2.24) is 24.4 Å². The van der Waals surface area contributed by atoms with Crippen molar-refractivity contribution in [2.24, 2.45) is 5.73 Å². The van der Waals surface area contributed by atoms with Crippen molar-refractivity contribution < 1.29 is 67.0 Å². The minimum Gasteiger partial charge on any atom is -0.387 e. The summed E-state index contributed by atoms with van der Waals surface area (Å²) < 4.78 is 50.6. The monoisotopic (exact) mass is 666 g/mol. The number of nitrogens with two attached hydrogens (primary N) is 1. The van der Waals surface area contributed by atoms with E-state index in [9.17, 15) is 48.9 Å². The standard InChI is InChI=1S/C21H28N6O15P2/c22-17(32)9-2-1-3-26(4-9)20-15(30)13(28)10(40-20)5-38-43(34,35)42-44(36,37)39-6-11-14(29)16(31)21(41-11)27-8-25-12-18(27)23-7-24-19(12)33/h1,3-4,7-8,10-11,13-16,20-21,28-31H,2,5-6H2,(H2,22,32)(H,34,35)(H,36,37)(H,23,24,33). The number of nitrogens with one attached hydrogen (secondary N) is 1. The summed E-state index contributed by atoms with van der Waals surface area (Å²) in [6.07, 6.45) is -5.30. The van der Waals surface area contributed by atoms with Crippen molar-refractivity contribution in [3.63, 3.8) is 0 Å². The van der Waals surface area contributed by atoms with Crippen LogP contribution in [-0.4, -0.2) is 117 Å². The Kier molecular flexibility index (Phi) is 9.23. The SMILES string of the molecule is NC(=O)C1=CN(C2OC(COP(=O)(O)OP(=O)(O)OCC3OC(n4cnc5c(=O)[nH]cnc54)C(O)C3O)C(O)C2O)C=CC1. The second-order valence-electron chi connectivity index (χ2n) is 9.81. The zero-order valence-electron chi connectivity index (χ0n) is 22.2. The quantitative estimate of drug-likeness (QED) is 0.111. The van der Waals surface area contributed by atoms with Gasteiger partial charge in [-0.05, 0) is 6.42 Å². The van der Waals surface area contributed by atoms with E-state index in [4.69, 9.17) is 15.2 Å². The van der Waals surface area contributed by atoms with Crippen molar-refractivity contribution in [1.29, 1.82) is 0 Å². The third-order valence-electron chi connectivity index (χ3n) is 6.85. The number of aromatic nitrogens is 4. The lowest BCUT2D eigenvalue weighted by molar-refractivity contribution is -0.115. The van der Waals surface area contributed by atoms with Crippen molar-refractivity contribution in [3.8, 4) is 0 Å². The third-order valence-corrected chi connectivity index (χ3v) is 9.46. The molecule has 0 saturated carbocycles. The molecule has 3 aliphatic heterocycles. The molecule has 5 heterocycles. The Labute approximate surface area is 245 Å². The number of H-pyrrole nitrogens is 1. The first-order valence-corrected chi connectivity index (χ1v) is 15.7. The molecule has 2 fully saturated rings. The van der Waals surface area contributed by atoms with Gasteiger partial charge in [-0.25, -0.2) is 19.1 Å². The first-order chi connectivity index (χ1) is 20.7. The molecule has 2 aromatic rings. The number of aliphatic hydroxyl groups is 4. The Morgan fingerprint density at radius 3 is 2.20 bits per heavy atom. The van der Waals surface area contributed by atoms with Gasteiger partial charge in [-0.1, -0.05) is 6.08 Å². The molecule has 1 amide bonds. The van der Waals surface area contributed by atoms with Crippen LogP contribution in [0, 0.1) is 0 Å². The van der Waals surface area contributed by atoms with E-state index in [2.05, 4.69) is 28.3 Å². The van der Waals surface area contributed by atoms with Gasteiger partial charge in [0.25, 0.3) is 5.56 Å². The second kappa shape index (κ2) is 12.5. The van der Waals surface area contributed by atoms with Gasteiger partial charge in [0.1, 0.15) is 36.6 Å². The first kappa shape index (κ1) is 32.5. The number of hydrogen-bond donors (Lipinski definition) is 8. The van der Waals surface area contributed by atoms with Crippen LogP contribution in [0.4, 0.5) is 0 Å². The van der Waals surface area contributed by atoms with Gasteiger partial charge < -0.3 is 55.3 Å². The summed E-state index contributed by atoms with van der Waals surface area (Å²) in [5, 5.41) is 41.6. The number of carbonyl (C=O) groups is 1. The van der Waals surface area contributed by atoms with E-state index in [-0.39, 0.29) is 23.2 Å². The highest BCUT2D eigenvalue weighted by Gasteiger charge is 2.48. The predicted octanol–water partition coefficient (Wildman–Crippen LogP) is -2.98. The number of amides is 1. The molecule has 23 heteroatoms. The maximum Gasteiger partial charge on any atom is 0.481 e. The molecule has 0 radical (unpaired) electrons. The van der Waals surface area contributed by atoms with E-state index >= 15 is 0 Å². The Morgan fingerprint density at radius 2 is 1.59 bits per heavy atom. The molecule has 10 atom stereocenters. The van der Waals surface area contributed by atoms with Gasteiger partial charge in [0.15, 0.2) is 23.6 Å². The van der Waals surface area contributed by atoms with Crippen LogP contribution in [0.1, 0.15) is 12.6 Å². The normalized spacial score (nSPS) is 33.3. The number of phosphoric ester groups is 2. The number of nitrogens with zero attached hydrogens (tertiary/aromatic N) is 4. The zero-order valence-corrected chi connectivity index (χ0v) is 24.0. The van der Waals surface area contributed by atoms with Crippen LogP contribution in [-0.2, 0) is 36.8 Å². The van der Waals surface area contributed by atoms with Crippen LogP contribution in [0.5, 0.6) is 0 Å². The van der Waals surface area contributed by atoms with E-state index in [0.717, 1.165) is 17.2 Å². The van der Waals surface area contributed by atoms with Crippen molar-refractivity contribution in [2.75, 3.05) is 13.2 Å². The number of aromatic amines is 1. The van der Waals surface area contributed by atoms with Gasteiger partial charge in [0.05, 0.1) is 25.9 Å². The zero-order chi connectivity index (χ0) is 32.0. The third kappa shape index (κ3) is 6.70. The maximum absolute atomic E-state index is 12.4. The molecule has 5 rings (SSSR count). The molecule has 0 aliphatic carbocycles. The van der Waals surface area contributed by atoms with Crippen LogP contribution in [0.3, 0.4) is 0 Å². The van der Waals surface area contributed by atoms with Crippen molar-refractivity contribution >= 4 is 32.7 Å². The molecule has 0 spiro atoms. The van der Waals surface area contributed by atoms with Gasteiger partial charge in [0, 0.05) is 18.0 Å². The van der Waals surface area contributed by atoms with Crippen molar-refractivity contribution in [2.45, 2.75) is 55.5 Å². The van der Waals surface area contributed by atoms with Gasteiger partial charge in [-0.15, -0.1) is 0 Å². The molecular weight excluding hydrogens is 638 g/mol. The number of carbonyl (C=O) groups excluding carboxylic acids is 1. The average molecular weight is 666 g/mol. The smallest absolute Gasteiger partial charge is 0.387 e.